The number of hydrogen-bond donors (Lipinski definition) is 19. The molecule has 0 unspecified atom stereocenters. The first kappa shape index (κ1) is 82.4. The van der Waals surface area contributed by atoms with Gasteiger partial charge in [0.05, 0.1) is 17.7 Å². The third kappa shape index (κ3) is 16.7. The summed E-state index contributed by atoms with van der Waals surface area (Å²) in [6.45, 7) is 3.79. The summed E-state index contributed by atoms with van der Waals surface area (Å²) in [4.78, 5) is 125. The average Bonchev–Trinajstić information content (AvgIpc) is 1.55. The predicted octanol–water partition coefficient (Wildman–Crippen LogP) is 1.75. The van der Waals surface area contributed by atoms with E-state index >= 15 is 33.6 Å². The number of amides is 7. The van der Waals surface area contributed by atoms with E-state index in [1.807, 2.05) is 13.8 Å². The maximum absolute atomic E-state index is 16.6. The summed E-state index contributed by atoms with van der Waals surface area (Å²) in [5, 5.41) is 134. The maximum Gasteiger partial charge on any atom is 0.248 e. The summed E-state index contributed by atoms with van der Waals surface area (Å²) >= 11 is 7.14. The lowest BCUT2D eigenvalue weighted by atomic mass is 9.54. The van der Waals surface area contributed by atoms with Crippen molar-refractivity contribution in [3.05, 3.63) is 153 Å². The molecule has 4 saturated carbocycles. The zero-order valence-corrected chi connectivity index (χ0v) is 64.7. The minimum absolute atomic E-state index is 0.0641. The van der Waals surface area contributed by atoms with Crippen LogP contribution in [0.1, 0.15) is 138 Å². The number of aromatic hydroxyl groups is 1. The lowest BCUT2D eigenvalue weighted by molar-refractivity contribution is -0.277. The fourth-order valence-corrected chi connectivity index (χ4v) is 17.6. The van der Waals surface area contributed by atoms with Crippen molar-refractivity contribution < 1.29 is 113 Å². The molecule has 19 N–H and O–H groups in total. The Morgan fingerprint density at radius 2 is 1.27 bits per heavy atom. The topological polar surface area (TPSA) is 494 Å². The first-order chi connectivity index (χ1) is 55.5. The molecule has 14 atom stereocenters. The zero-order chi connectivity index (χ0) is 82.5. The number of ether oxygens (including phenoxy) is 6. The lowest BCUT2D eigenvalue weighted by Gasteiger charge is -2.54. The minimum atomic E-state index is -2.95. The van der Waals surface area contributed by atoms with Crippen LogP contribution >= 0.6 is 11.6 Å². The molecular formula is C82H95ClN10O23. The number of phenolic OH excluding ortho intramolecular Hbond substituents is 1. The van der Waals surface area contributed by atoms with Crippen LogP contribution in [0.25, 0.3) is 11.1 Å². The van der Waals surface area contributed by atoms with E-state index in [1.165, 1.54) is 92.0 Å². The number of likely N-dealkylation sites (N-methyl/N-ethyl adjacent to an activating group) is 3. The number of halogens is 1. The normalized spacial score (nSPS) is 28.5. The Balaban J connectivity index is 0.957. The molecule has 6 aromatic rings. The number of ketones is 1. The van der Waals surface area contributed by atoms with Gasteiger partial charge >= 0.3 is 0 Å². The molecule has 6 aromatic carbocycles. The second-order valence-electron chi connectivity index (χ2n) is 31.4. The first-order valence-corrected chi connectivity index (χ1v) is 39.2. The van der Waals surface area contributed by atoms with E-state index in [4.69, 9.17) is 40.0 Å². The number of benzene rings is 6. The number of carbonyl (C=O) groups excluding carboxylic acids is 8. The van der Waals surface area contributed by atoms with Gasteiger partial charge in [-0.05, 0) is 201 Å². The van der Waals surface area contributed by atoms with E-state index in [2.05, 4.69) is 53.2 Å². The highest BCUT2D eigenvalue weighted by atomic mass is 35.5. The van der Waals surface area contributed by atoms with Gasteiger partial charge < -0.3 is 128 Å². The molecule has 6 heterocycles. The number of hydrogen-bond acceptors (Lipinski definition) is 26. The van der Waals surface area contributed by atoms with Crippen LogP contribution in [0, 0.1) is 29.6 Å². The molecule has 5 fully saturated rings. The van der Waals surface area contributed by atoms with Crippen LogP contribution in [-0.2, 0) is 44.1 Å². The predicted molar refractivity (Wildman–Crippen MR) is 412 cm³/mol. The summed E-state index contributed by atoms with van der Waals surface area (Å²) in [6.07, 6.45) is -10.0. The van der Waals surface area contributed by atoms with Crippen LogP contribution in [0.15, 0.2) is 103 Å². The van der Waals surface area contributed by atoms with Crippen molar-refractivity contribution in [2.45, 2.75) is 156 Å². The van der Waals surface area contributed by atoms with Gasteiger partial charge in [0.15, 0.2) is 28.8 Å². The van der Waals surface area contributed by atoms with E-state index in [9.17, 15) is 50.8 Å². The third-order valence-electron chi connectivity index (χ3n) is 23.1. The molecule has 17 rings (SSSR count). The highest BCUT2D eigenvalue weighted by Crippen LogP contribution is 2.56. The number of fused-ring (bicyclic) bond motifs is 12. The molecule has 11 aliphatic rings. The van der Waals surface area contributed by atoms with Gasteiger partial charge in [0.25, 0.3) is 0 Å². The smallest absolute Gasteiger partial charge is 0.248 e. The Labute approximate surface area is 670 Å². The molecule has 6 aliphatic heterocycles. The quantitative estimate of drug-likeness (QED) is 0.0277. The Bertz CT molecular complexity index is 4750. The van der Waals surface area contributed by atoms with Gasteiger partial charge in [0, 0.05) is 42.2 Å². The Morgan fingerprint density at radius 3 is 1.93 bits per heavy atom. The van der Waals surface area contributed by atoms with Crippen molar-refractivity contribution in [1.29, 1.82) is 0 Å². The molecule has 5 aliphatic carbocycles. The summed E-state index contributed by atoms with van der Waals surface area (Å²) in [5.41, 5.74) is -1.76. The molecule has 34 heteroatoms. The van der Waals surface area contributed by atoms with Crippen molar-refractivity contribution >= 4 is 58.7 Å². The number of aliphatic hydroxyl groups is 8. The number of phenols is 1. The summed E-state index contributed by atoms with van der Waals surface area (Å²) in [6, 6.07) is 7.48. The monoisotopic (exact) mass is 1620 g/mol. The van der Waals surface area contributed by atoms with Crippen LogP contribution in [0.2, 0.25) is 5.02 Å². The van der Waals surface area contributed by atoms with Crippen molar-refractivity contribution in [1.82, 2.24) is 53.2 Å². The van der Waals surface area contributed by atoms with E-state index in [1.54, 1.807) is 14.1 Å². The molecule has 0 spiro atoms. The summed E-state index contributed by atoms with van der Waals surface area (Å²) in [7, 11) is 4.93. The molecule has 0 aromatic heterocycles. The van der Waals surface area contributed by atoms with Gasteiger partial charge in [0.1, 0.15) is 103 Å². The van der Waals surface area contributed by atoms with E-state index in [-0.39, 0.29) is 127 Å². The molecule has 15 bridgehead atoms. The molecular weight excluding hydrogens is 1530 g/mol. The Kier molecular flexibility index (Phi) is 24.3. The van der Waals surface area contributed by atoms with Crippen LogP contribution in [-0.4, -0.2) is 208 Å². The van der Waals surface area contributed by atoms with Gasteiger partial charge in [-0.3, -0.25) is 38.4 Å². The summed E-state index contributed by atoms with van der Waals surface area (Å²) in [5.74, 6) is -13.0. The highest BCUT2D eigenvalue weighted by Gasteiger charge is 2.52. The SMILES string of the molecule is CNCCOc1ccc(C(=O)C[C@@H]2NC(=O)[C@H](NC(=O)[C@@H](CC(C)C)NC)[C@H](O)c3ccc(c(Cl)c3)Oc3cc4cc(c3O[C@@H]3O[C@H](CO)[C@@H](O)[C@H](O)[C@H]3O)Oc3ccc(cc3)[C@@H](O)[C@@H]3NC(=O)[C@H](NC(=O)[C@@H]4NC2=O)c2ccc4c(c2)-c2c(cc(O)cc2C4(O)O)[C@@H](C(=O)NC2C4CC5CC(C4)CC2C5)NC3=O)cc1OCCNC. The lowest BCUT2D eigenvalue weighted by Crippen LogP contribution is -2.60. The molecule has 618 valence electrons. The number of nitrogens with one attached hydrogen (secondary N) is 10. The van der Waals surface area contributed by atoms with Crippen molar-refractivity contribution in [2.75, 3.05) is 54.1 Å². The third-order valence-corrected chi connectivity index (χ3v) is 23.4. The zero-order valence-electron chi connectivity index (χ0n) is 64.0. The van der Waals surface area contributed by atoms with Gasteiger partial charge in [-0.1, -0.05) is 55.8 Å². The van der Waals surface area contributed by atoms with Crippen molar-refractivity contribution in [3.8, 4) is 57.1 Å². The molecule has 33 nitrogen and oxygen atoms in total. The van der Waals surface area contributed by atoms with Crippen molar-refractivity contribution in [2.24, 2.45) is 29.6 Å². The van der Waals surface area contributed by atoms with Crippen LogP contribution in [0.3, 0.4) is 0 Å². The van der Waals surface area contributed by atoms with Crippen LogP contribution < -0.4 is 76.9 Å². The molecule has 1 saturated heterocycles. The maximum atomic E-state index is 16.6. The Morgan fingerprint density at radius 1 is 0.621 bits per heavy atom. The molecule has 0 radical (unpaired) electrons. The van der Waals surface area contributed by atoms with Crippen LogP contribution in [0.5, 0.6) is 46.0 Å². The molecule has 116 heavy (non-hydrogen) atoms. The number of aliphatic hydroxyl groups excluding tert-OH is 6. The largest absolute Gasteiger partial charge is 0.508 e. The van der Waals surface area contributed by atoms with Gasteiger partial charge in [0.2, 0.25) is 59.2 Å². The number of Topliss-reactive ketones (excluding diaryl/α,β-unsaturated/α-hetero) is 1. The van der Waals surface area contributed by atoms with Crippen molar-refractivity contribution in [3.63, 3.8) is 0 Å². The minimum Gasteiger partial charge on any atom is -0.508 e. The van der Waals surface area contributed by atoms with Gasteiger partial charge in [-0.2, -0.15) is 0 Å². The second kappa shape index (κ2) is 34.2. The summed E-state index contributed by atoms with van der Waals surface area (Å²) < 4.78 is 37.7. The van der Waals surface area contributed by atoms with E-state index < -0.39 is 174 Å². The van der Waals surface area contributed by atoms with Crippen LogP contribution in [0.4, 0.5) is 0 Å². The highest BCUT2D eigenvalue weighted by molar-refractivity contribution is 6.32. The second-order valence-corrected chi connectivity index (χ2v) is 31.8. The van der Waals surface area contributed by atoms with Gasteiger partial charge in [-0.15, -0.1) is 0 Å². The fraction of sp³-hybridized carbons (Fsp3) is 0.463. The Hall–Kier alpha value is -10.1. The van der Waals surface area contributed by atoms with E-state index in [0.29, 0.717) is 24.9 Å². The number of carbonyl (C=O) groups is 8. The average molecular weight is 1620 g/mol. The number of rotatable bonds is 21. The van der Waals surface area contributed by atoms with Gasteiger partial charge in [-0.25, -0.2) is 0 Å². The molecule has 7 amide bonds. The first-order valence-electron chi connectivity index (χ1n) is 38.8. The van der Waals surface area contributed by atoms with E-state index in [0.717, 1.165) is 50.3 Å². The fourth-order valence-electron chi connectivity index (χ4n) is 17.4. The standard InChI is InChI=1S/C82H95ClN10O23/c1-35(2)20-52(86-5)74(102)92-67-69(98)41-10-14-55(51(83)27-41)114-59-30-44-29-58(73(59)116-81-72(101)71(100)70(99)60(34-94)115-81)113-46-11-6-38(7-12-46)68(97)66-80(108)91-65(78(106)88-62-42-22-36-21-37(24-42)25-43(62)23-36)48-31-45(95)32-50-61(48)47-26-40(8-13-49(47)82(50,109)110)63(76(104)93-66)90-77(105)64(44)89-75(103)53(87-79(67)107)33-54(96)39-9-15-56(111-18-16-84-3)57(28-39)112-19-17-85-4/h6-15,26-32,35-37,42-43,52-53,60,62-72,81,84-86,94-95,97-101,109-110H,16-25,33-34H2,1-5H3,(H,87,107)(H,88,106)(H,89,103)(H,90,105)(H,91,108)(H,92,102)(H,93,104)/t36?,37?,42?,43?,52-,53+,60-,62?,63-,64-,65+,66+,67-,68-,69-,70-,71+,72-,81+/m1/s1.